The number of nitrogens with one attached hydrogen (secondary N) is 1. The average molecular weight is 435 g/mol. The van der Waals surface area contributed by atoms with Crippen molar-refractivity contribution in [2.24, 2.45) is 0 Å². The fraction of sp³-hybridized carbons (Fsp3) is 0.500. The van der Waals surface area contributed by atoms with Crippen LogP contribution < -0.4 is 10.1 Å². The normalized spacial score (nSPS) is 18.4. The van der Waals surface area contributed by atoms with Crippen LogP contribution in [0.15, 0.2) is 18.2 Å². The maximum absolute atomic E-state index is 12.5. The third-order valence-electron chi connectivity index (χ3n) is 5.15. The van der Waals surface area contributed by atoms with Gasteiger partial charge in [0.2, 0.25) is 11.6 Å². The minimum absolute atomic E-state index is 0.0711. The van der Waals surface area contributed by atoms with Crippen LogP contribution in [0.2, 0.25) is 0 Å². The summed E-state index contributed by atoms with van der Waals surface area (Å²) in [6, 6.07) is 5.90. The van der Waals surface area contributed by atoms with Crippen LogP contribution in [0.1, 0.15) is 40.9 Å². The molecule has 10 heteroatoms. The van der Waals surface area contributed by atoms with Crippen LogP contribution in [0, 0.1) is 13.8 Å². The van der Waals surface area contributed by atoms with Crippen molar-refractivity contribution in [3.63, 3.8) is 0 Å². The number of hydrogen-bond donors (Lipinski definition) is 3. The number of aromatic nitrogens is 2. The van der Waals surface area contributed by atoms with E-state index in [1.165, 1.54) is 0 Å². The zero-order valence-corrected chi connectivity index (χ0v) is 17.9. The number of benzene rings is 1. The number of aromatic hydroxyl groups is 1. The number of ether oxygens (including phenoxy) is 1. The fourth-order valence-electron chi connectivity index (χ4n) is 3.46. The highest BCUT2D eigenvalue weighted by Gasteiger charge is 2.37. The first-order valence-electron chi connectivity index (χ1n) is 9.77. The van der Waals surface area contributed by atoms with Gasteiger partial charge in [0.15, 0.2) is 0 Å². The predicted molar refractivity (Wildman–Crippen MR) is 111 cm³/mol. The molecular weight excluding hydrogens is 408 g/mol. The van der Waals surface area contributed by atoms with Gasteiger partial charge in [0.05, 0.1) is 30.4 Å². The van der Waals surface area contributed by atoms with E-state index < -0.39 is 17.4 Å². The molecule has 1 aliphatic rings. The molecule has 3 N–H and O–H groups in total. The first-order chi connectivity index (χ1) is 14.3. The van der Waals surface area contributed by atoms with Gasteiger partial charge in [-0.25, -0.2) is 0 Å². The lowest BCUT2D eigenvalue weighted by molar-refractivity contribution is -0.131. The van der Waals surface area contributed by atoms with Crippen LogP contribution in [0.3, 0.4) is 0 Å². The van der Waals surface area contributed by atoms with Crippen molar-refractivity contribution in [2.45, 2.75) is 38.7 Å². The highest BCUT2D eigenvalue weighted by Crippen LogP contribution is 2.25. The summed E-state index contributed by atoms with van der Waals surface area (Å²) in [5.74, 6) is -0.252. The summed E-state index contributed by atoms with van der Waals surface area (Å²) in [5.41, 5.74) is 1.00. The third kappa shape index (κ3) is 5.45. The molecule has 3 rings (SSSR count). The van der Waals surface area contributed by atoms with Crippen LogP contribution in [0.4, 0.5) is 0 Å². The molecule has 1 saturated heterocycles. The summed E-state index contributed by atoms with van der Waals surface area (Å²) < 4.78 is 13.0. The third-order valence-corrected chi connectivity index (χ3v) is 5.67. The number of carbonyl (C=O) groups excluding carboxylic acids is 2. The SMILES string of the molecule is Cc1ccc(OCCC(=O)N2CCC(O)(CCNC(=O)c3nsnc3O)C2)c(C)c1. The Morgan fingerprint density at radius 1 is 1.33 bits per heavy atom. The number of rotatable bonds is 8. The summed E-state index contributed by atoms with van der Waals surface area (Å²) in [5, 5.41) is 22.7. The maximum atomic E-state index is 12.5. The van der Waals surface area contributed by atoms with Crippen molar-refractivity contribution in [1.82, 2.24) is 19.0 Å². The summed E-state index contributed by atoms with van der Waals surface area (Å²) in [6.07, 6.45) is 0.964. The second-order valence-electron chi connectivity index (χ2n) is 7.60. The highest BCUT2D eigenvalue weighted by atomic mass is 32.1. The van der Waals surface area contributed by atoms with Crippen LogP contribution >= 0.6 is 11.7 Å². The van der Waals surface area contributed by atoms with Crippen LogP contribution in [0.5, 0.6) is 11.6 Å². The van der Waals surface area contributed by atoms with Gasteiger partial charge < -0.3 is 25.2 Å². The van der Waals surface area contributed by atoms with Gasteiger partial charge in [-0.3, -0.25) is 9.59 Å². The Kier molecular flexibility index (Phi) is 6.88. The van der Waals surface area contributed by atoms with Crippen molar-refractivity contribution < 1.29 is 24.5 Å². The first-order valence-corrected chi connectivity index (χ1v) is 10.5. The van der Waals surface area contributed by atoms with Gasteiger partial charge in [0, 0.05) is 19.6 Å². The Morgan fingerprint density at radius 2 is 2.13 bits per heavy atom. The number of amides is 2. The van der Waals surface area contributed by atoms with Crippen molar-refractivity contribution in [1.29, 1.82) is 0 Å². The molecule has 0 bridgehead atoms. The van der Waals surface area contributed by atoms with Crippen molar-refractivity contribution in [3.05, 3.63) is 35.0 Å². The molecule has 1 aliphatic heterocycles. The maximum Gasteiger partial charge on any atom is 0.276 e. The van der Waals surface area contributed by atoms with Crippen molar-refractivity contribution in [3.8, 4) is 11.6 Å². The van der Waals surface area contributed by atoms with E-state index in [2.05, 4.69) is 14.1 Å². The summed E-state index contributed by atoms with van der Waals surface area (Å²) in [6.45, 7) is 5.14. The van der Waals surface area contributed by atoms with Gasteiger partial charge in [-0.15, -0.1) is 4.37 Å². The molecule has 1 aromatic carbocycles. The molecule has 162 valence electrons. The second kappa shape index (κ2) is 9.40. The molecule has 0 spiro atoms. The molecule has 1 atom stereocenters. The van der Waals surface area contributed by atoms with E-state index in [4.69, 9.17) is 4.74 Å². The van der Waals surface area contributed by atoms with E-state index in [0.717, 1.165) is 28.6 Å². The number of nitrogens with zero attached hydrogens (tertiary/aromatic N) is 3. The number of β-amino-alcohol motifs (C(OH)–C–C–N with tert-alkyl or cyclic N) is 1. The van der Waals surface area contributed by atoms with E-state index in [-0.39, 0.29) is 37.7 Å². The lowest BCUT2D eigenvalue weighted by Crippen LogP contribution is -2.39. The van der Waals surface area contributed by atoms with E-state index >= 15 is 0 Å². The number of aryl methyl sites for hydroxylation is 2. The van der Waals surface area contributed by atoms with E-state index in [9.17, 15) is 19.8 Å². The van der Waals surface area contributed by atoms with Crippen LogP contribution in [0.25, 0.3) is 0 Å². The highest BCUT2D eigenvalue weighted by molar-refractivity contribution is 6.99. The molecule has 30 heavy (non-hydrogen) atoms. The predicted octanol–water partition coefficient (Wildman–Crippen LogP) is 1.41. The monoisotopic (exact) mass is 434 g/mol. The molecule has 2 amide bonds. The largest absolute Gasteiger partial charge is 0.493 e. The van der Waals surface area contributed by atoms with Crippen molar-refractivity contribution in [2.75, 3.05) is 26.2 Å². The van der Waals surface area contributed by atoms with Gasteiger partial charge in [0.1, 0.15) is 5.75 Å². The number of carbonyl (C=O) groups is 2. The molecular formula is C20H26N4O5S. The summed E-state index contributed by atoms with van der Waals surface area (Å²) in [4.78, 5) is 26.0. The Balaban J connectivity index is 1.40. The Labute approximate surface area is 179 Å². The summed E-state index contributed by atoms with van der Waals surface area (Å²) >= 11 is 0.748. The number of hydrogen-bond acceptors (Lipinski definition) is 8. The molecule has 1 unspecified atom stereocenters. The smallest absolute Gasteiger partial charge is 0.276 e. The molecule has 0 radical (unpaired) electrons. The fourth-order valence-corrected chi connectivity index (χ4v) is 3.91. The Morgan fingerprint density at radius 3 is 2.83 bits per heavy atom. The number of aliphatic hydroxyl groups is 1. The van der Waals surface area contributed by atoms with Gasteiger partial charge in [-0.2, -0.15) is 4.37 Å². The molecule has 2 heterocycles. The van der Waals surface area contributed by atoms with Crippen molar-refractivity contribution >= 4 is 23.5 Å². The topological polar surface area (TPSA) is 125 Å². The van der Waals surface area contributed by atoms with Crippen LogP contribution in [-0.4, -0.2) is 67.5 Å². The average Bonchev–Trinajstić information content (AvgIpc) is 3.29. The standard InChI is InChI=1S/C20H26N4O5S/c1-13-3-4-15(14(2)11-13)29-10-5-16(25)24-9-7-20(28,12-24)6-8-21-18(26)17-19(27)23-30-22-17/h3-4,11,28H,5-10,12H2,1-2H3,(H,21,26)(H,23,27). The second-order valence-corrected chi connectivity index (χ2v) is 8.13. The lowest BCUT2D eigenvalue weighted by Gasteiger charge is -2.23. The van der Waals surface area contributed by atoms with E-state index in [1.807, 2.05) is 32.0 Å². The molecule has 1 aromatic heterocycles. The van der Waals surface area contributed by atoms with E-state index in [0.29, 0.717) is 19.4 Å². The number of likely N-dealkylation sites (tertiary alicyclic amines) is 1. The van der Waals surface area contributed by atoms with Gasteiger partial charge in [-0.05, 0) is 38.3 Å². The zero-order valence-electron chi connectivity index (χ0n) is 17.1. The Bertz CT molecular complexity index is 918. The minimum atomic E-state index is -1.06. The van der Waals surface area contributed by atoms with Gasteiger partial charge >= 0.3 is 0 Å². The molecule has 9 nitrogen and oxygen atoms in total. The molecule has 0 aliphatic carbocycles. The van der Waals surface area contributed by atoms with E-state index in [1.54, 1.807) is 4.90 Å². The van der Waals surface area contributed by atoms with Gasteiger partial charge in [-0.1, -0.05) is 17.7 Å². The lowest BCUT2D eigenvalue weighted by atomic mass is 9.99. The van der Waals surface area contributed by atoms with Gasteiger partial charge in [0.25, 0.3) is 11.8 Å². The zero-order chi connectivity index (χ0) is 21.7. The quantitative estimate of drug-likeness (QED) is 0.574. The molecule has 1 fully saturated rings. The molecule has 2 aromatic rings. The molecule has 0 saturated carbocycles. The summed E-state index contributed by atoms with van der Waals surface area (Å²) in [7, 11) is 0. The minimum Gasteiger partial charge on any atom is -0.493 e. The van der Waals surface area contributed by atoms with Crippen LogP contribution in [-0.2, 0) is 4.79 Å². The first kappa shape index (κ1) is 22.0. The Hall–Kier alpha value is -2.72.